The van der Waals surface area contributed by atoms with Gasteiger partial charge in [-0.2, -0.15) is 0 Å². The number of rotatable bonds is 30. The molecule has 3 nitrogen and oxygen atoms in total. The van der Waals surface area contributed by atoms with Crippen molar-refractivity contribution in [3.05, 3.63) is 60.7 Å². The van der Waals surface area contributed by atoms with Gasteiger partial charge >= 0.3 is 0 Å². The van der Waals surface area contributed by atoms with Crippen molar-refractivity contribution in [3.63, 3.8) is 0 Å². The highest BCUT2D eigenvalue weighted by Crippen LogP contribution is 2.43. The van der Waals surface area contributed by atoms with Crippen LogP contribution in [0.3, 0.4) is 0 Å². The monoisotopic (exact) mass is 864 g/mol. The molecule has 0 bridgehead atoms. The number of thiophene rings is 2. The third kappa shape index (κ3) is 14.6. The van der Waals surface area contributed by atoms with E-state index < -0.39 is 0 Å². The Labute approximate surface area is 381 Å². The highest BCUT2D eigenvalue weighted by molar-refractivity contribution is 7.23. The number of nitrogens with one attached hydrogen (secondary N) is 1. The zero-order valence-corrected chi connectivity index (χ0v) is 41.4. The van der Waals surface area contributed by atoms with Gasteiger partial charge in [-0.25, -0.2) is 0 Å². The molecule has 0 saturated heterocycles. The molecule has 0 spiro atoms. The molecule has 0 fully saturated rings. The van der Waals surface area contributed by atoms with Crippen molar-refractivity contribution < 1.29 is 0 Å². The average Bonchev–Trinajstić information content (AvgIpc) is 3.92. The number of benzene rings is 4. The van der Waals surface area contributed by atoms with E-state index in [1.807, 2.05) is 36.8 Å². The van der Waals surface area contributed by atoms with Gasteiger partial charge in [-0.3, -0.25) is 0 Å². The number of hydrogen-bond acceptors (Lipinski definition) is 5. The summed E-state index contributed by atoms with van der Waals surface area (Å²) in [6.45, 7) is 14.0. The van der Waals surface area contributed by atoms with Crippen LogP contribution in [-0.2, 0) is 0 Å². The van der Waals surface area contributed by atoms with E-state index in [1.54, 1.807) is 0 Å². The third-order valence-corrected chi connectivity index (χ3v) is 15.2. The van der Waals surface area contributed by atoms with Crippen LogP contribution in [0.2, 0.25) is 0 Å². The zero-order chi connectivity index (χ0) is 43.1. The van der Waals surface area contributed by atoms with Crippen molar-refractivity contribution in [1.82, 2.24) is 5.32 Å². The predicted molar refractivity (Wildman–Crippen MR) is 283 cm³/mol. The van der Waals surface area contributed by atoms with E-state index in [4.69, 9.17) is 0 Å². The summed E-state index contributed by atoms with van der Waals surface area (Å²) in [6.07, 6.45) is 32.6. The summed E-state index contributed by atoms with van der Waals surface area (Å²) in [6, 6.07) is 24.5. The fourth-order valence-corrected chi connectivity index (χ4v) is 11.6. The minimum atomic E-state index is 1.19. The molecule has 1 N–H and O–H groups in total. The van der Waals surface area contributed by atoms with Crippen LogP contribution < -0.4 is 15.1 Å². The van der Waals surface area contributed by atoms with Crippen LogP contribution in [-0.4, -0.2) is 40.3 Å². The first-order valence-corrected chi connectivity index (χ1v) is 27.0. The zero-order valence-electron chi connectivity index (χ0n) is 39.8. The molecule has 61 heavy (non-hydrogen) atoms. The standard InChI is InChI=1S/C54H78N2S2.C2H7N/c1-5-9-13-17-21-25-37-55(38-26-22-18-14-10-6-2)53-41-49-47-31-29-44-43(45(47)33-35-51(49)57-53)30-32-48-46(44)34-36-52-50(48)42-54(58-52)56(39-27-23-19-15-11-7-3)40-28-24-20-16-12-8-4;1-3-2/h29-36,41-42H,5-28,37-40H2,1-4H3;3H,1-2H3. The second kappa shape index (κ2) is 28.0. The first-order chi connectivity index (χ1) is 30.1. The van der Waals surface area contributed by atoms with Crippen molar-refractivity contribution in [2.24, 2.45) is 0 Å². The lowest BCUT2D eigenvalue weighted by molar-refractivity contribution is 0.576. The van der Waals surface area contributed by atoms with Crippen molar-refractivity contribution >= 4 is 85.2 Å². The maximum absolute atomic E-state index is 2.75. The maximum Gasteiger partial charge on any atom is 0.0921 e. The van der Waals surface area contributed by atoms with Gasteiger partial charge in [0.2, 0.25) is 0 Å². The van der Waals surface area contributed by atoms with Gasteiger partial charge in [-0.1, -0.05) is 193 Å². The Morgan fingerprint density at radius 3 is 0.836 bits per heavy atom. The maximum atomic E-state index is 2.75. The Morgan fingerprint density at radius 1 is 0.328 bits per heavy atom. The largest absolute Gasteiger partial charge is 0.363 e. The predicted octanol–water partition coefficient (Wildman–Crippen LogP) is 18.5. The van der Waals surface area contributed by atoms with Crippen LogP contribution >= 0.6 is 22.7 Å². The summed E-state index contributed by atoms with van der Waals surface area (Å²) in [5.41, 5.74) is 0. The molecule has 6 aromatic rings. The molecule has 0 saturated carbocycles. The summed E-state index contributed by atoms with van der Waals surface area (Å²) >= 11 is 4.04. The van der Waals surface area contributed by atoms with E-state index in [0.717, 1.165) is 0 Å². The second-order valence-electron chi connectivity index (χ2n) is 18.1. The van der Waals surface area contributed by atoms with Crippen LogP contribution in [0.5, 0.6) is 0 Å². The fraction of sp³-hybridized carbons (Fsp3) is 0.607. The Morgan fingerprint density at radius 2 is 0.557 bits per heavy atom. The van der Waals surface area contributed by atoms with Gasteiger partial charge in [0.1, 0.15) is 0 Å². The minimum absolute atomic E-state index is 1.19. The summed E-state index contributed by atoms with van der Waals surface area (Å²) in [4.78, 5) is 5.49. The second-order valence-corrected chi connectivity index (χ2v) is 20.2. The molecule has 0 aliphatic heterocycles. The quantitative estimate of drug-likeness (QED) is 0.0359. The average molecular weight is 864 g/mol. The van der Waals surface area contributed by atoms with Gasteiger partial charge in [0.25, 0.3) is 0 Å². The Bertz CT molecular complexity index is 1930. The SMILES string of the molecule is CCCCCCCCN(CCCCCCCC)c1cc2c(ccc3c2ccc2c4ccc5sc(N(CCCCCCCC)CCCCCCCC)cc5c4ccc32)s1.CNC. The summed E-state index contributed by atoms with van der Waals surface area (Å²) in [5, 5.41) is 16.9. The number of nitrogens with zero attached hydrogens (tertiary/aromatic N) is 2. The van der Waals surface area contributed by atoms with Gasteiger partial charge in [-0.15, -0.1) is 22.7 Å². The summed E-state index contributed by atoms with van der Waals surface area (Å²) in [7, 11) is 3.75. The smallest absolute Gasteiger partial charge is 0.0921 e. The first-order valence-electron chi connectivity index (χ1n) is 25.4. The molecule has 336 valence electrons. The van der Waals surface area contributed by atoms with Crippen LogP contribution in [0.25, 0.3) is 52.5 Å². The van der Waals surface area contributed by atoms with Crippen LogP contribution in [0.4, 0.5) is 10.0 Å². The molecule has 4 aromatic carbocycles. The molecular formula is C56H85N3S2. The van der Waals surface area contributed by atoms with E-state index >= 15 is 0 Å². The van der Waals surface area contributed by atoms with Gasteiger partial charge in [0.05, 0.1) is 10.0 Å². The number of unbranched alkanes of at least 4 members (excludes halogenated alkanes) is 20. The van der Waals surface area contributed by atoms with Gasteiger partial charge < -0.3 is 15.1 Å². The third-order valence-electron chi connectivity index (χ3n) is 12.9. The number of hydrogen-bond donors (Lipinski definition) is 1. The van der Waals surface area contributed by atoms with E-state index in [-0.39, 0.29) is 0 Å². The molecule has 6 rings (SSSR count). The molecule has 0 atom stereocenters. The molecule has 5 heteroatoms. The van der Waals surface area contributed by atoms with Crippen LogP contribution in [0.1, 0.15) is 182 Å². The van der Waals surface area contributed by atoms with Crippen molar-refractivity contribution in [2.45, 2.75) is 182 Å². The van der Waals surface area contributed by atoms with E-state index in [2.05, 4.69) is 103 Å². The molecule has 0 aliphatic rings. The molecule has 2 aromatic heterocycles. The lowest BCUT2D eigenvalue weighted by atomic mass is 9.95. The number of anilines is 2. The van der Waals surface area contributed by atoms with Crippen molar-refractivity contribution in [3.8, 4) is 0 Å². The molecule has 0 aliphatic carbocycles. The van der Waals surface area contributed by atoms with Gasteiger partial charge in [0, 0.05) is 46.4 Å². The topological polar surface area (TPSA) is 18.5 Å². The van der Waals surface area contributed by atoms with Gasteiger partial charge in [-0.05, 0) is 96.4 Å². The Kier molecular flexibility index (Phi) is 22.6. The van der Waals surface area contributed by atoms with E-state index in [0.29, 0.717) is 0 Å². The summed E-state index contributed by atoms with van der Waals surface area (Å²) < 4.78 is 2.86. The van der Waals surface area contributed by atoms with E-state index in [9.17, 15) is 0 Å². The van der Waals surface area contributed by atoms with Gasteiger partial charge in [0.15, 0.2) is 0 Å². The molecule has 0 radical (unpaired) electrons. The lowest BCUT2D eigenvalue weighted by Gasteiger charge is -2.23. The molecule has 0 unspecified atom stereocenters. The van der Waals surface area contributed by atoms with Crippen molar-refractivity contribution in [1.29, 1.82) is 0 Å². The highest BCUT2D eigenvalue weighted by Gasteiger charge is 2.17. The minimum Gasteiger partial charge on any atom is -0.363 e. The Balaban J connectivity index is 0.00000228. The van der Waals surface area contributed by atoms with Crippen LogP contribution in [0, 0.1) is 0 Å². The molecular weight excluding hydrogens is 779 g/mol. The van der Waals surface area contributed by atoms with Crippen molar-refractivity contribution in [2.75, 3.05) is 50.1 Å². The Hall–Kier alpha value is -2.86. The normalized spacial score (nSPS) is 11.7. The molecule has 0 amide bonds. The highest BCUT2D eigenvalue weighted by atomic mass is 32.1. The van der Waals surface area contributed by atoms with Crippen LogP contribution in [0.15, 0.2) is 60.7 Å². The first kappa shape index (κ1) is 49.2. The fourth-order valence-electron chi connectivity index (χ4n) is 9.36. The summed E-state index contributed by atoms with van der Waals surface area (Å²) in [5.74, 6) is 0. The molecule has 2 heterocycles. The lowest BCUT2D eigenvalue weighted by Crippen LogP contribution is -2.24. The van der Waals surface area contributed by atoms with E-state index in [1.165, 1.54) is 243 Å². The number of fused-ring (bicyclic) bond motifs is 9.